The molecule has 2 N–H and O–H groups in total. The summed E-state index contributed by atoms with van der Waals surface area (Å²) in [6.45, 7) is 0. The van der Waals surface area contributed by atoms with Gasteiger partial charge < -0.3 is 14.8 Å². The smallest absolute Gasteiger partial charge is 0.256 e. The molecular formula is C10H12N2O3. The van der Waals surface area contributed by atoms with Crippen molar-refractivity contribution in [2.24, 2.45) is 0 Å². The Morgan fingerprint density at radius 2 is 2.00 bits per heavy atom. The lowest BCUT2D eigenvalue weighted by Crippen LogP contribution is -2.20. The van der Waals surface area contributed by atoms with Gasteiger partial charge in [-0.15, -0.1) is 0 Å². The van der Waals surface area contributed by atoms with Gasteiger partial charge in [-0.2, -0.15) is 0 Å². The zero-order valence-electron chi connectivity index (χ0n) is 8.53. The summed E-state index contributed by atoms with van der Waals surface area (Å²) >= 11 is 0. The third kappa shape index (κ3) is 2.46. The average Bonchev–Trinajstić information content (AvgIpc) is 2.28. The third-order valence-electron chi connectivity index (χ3n) is 1.85. The van der Waals surface area contributed by atoms with Crippen LogP contribution in [0, 0.1) is 5.41 Å². The van der Waals surface area contributed by atoms with Gasteiger partial charge in [-0.3, -0.25) is 10.2 Å². The highest BCUT2D eigenvalue weighted by molar-refractivity contribution is 6.00. The van der Waals surface area contributed by atoms with Gasteiger partial charge in [0.25, 0.3) is 5.91 Å². The fraction of sp³-hybridized carbons (Fsp3) is 0.200. The standard InChI is InChI=1S/C10H12N2O3/c1-14-8-4-3-7(5-9(8)15-2)10(13)12-6-11/h3-6H,1-2H3,(H2,11,12,13). The molecule has 0 atom stereocenters. The summed E-state index contributed by atoms with van der Waals surface area (Å²) in [5.74, 6) is 0.685. The summed E-state index contributed by atoms with van der Waals surface area (Å²) in [5.41, 5.74) is 0.413. The summed E-state index contributed by atoms with van der Waals surface area (Å²) in [7, 11) is 3.02. The molecule has 5 heteroatoms. The van der Waals surface area contributed by atoms with E-state index in [0.717, 1.165) is 6.34 Å². The van der Waals surface area contributed by atoms with E-state index >= 15 is 0 Å². The van der Waals surface area contributed by atoms with E-state index in [9.17, 15) is 4.79 Å². The summed E-state index contributed by atoms with van der Waals surface area (Å²) in [5, 5.41) is 9.00. The van der Waals surface area contributed by atoms with Crippen LogP contribution >= 0.6 is 0 Å². The number of ether oxygens (including phenoxy) is 2. The van der Waals surface area contributed by atoms with Crippen LogP contribution in [-0.4, -0.2) is 26.5 Å². The van der Waals surface area contributed by atoms with Gasteiger partial charge in [-0.25, -0.2) is 0 Å². The average molecular weight is 208 g/mol. The Morgan fingerprint density at radius 1 is 1.33 bits per heavy atom. The first kappa shape index (κ1) is 11.0. The number of hydrogen-bond donors (Lipinski definition) is 2. The first-order chi connectivity index (χ1) is 7.22. The first-order valence-electron chi connectivity index (χ1n) is 4.24. The number of nitrogens with one attached hydrogen (secondary N) is 2. The lowest BCUT2D eigenvalue weighted by molar-refractivity contribution is 0.0978. The van der Waals surface area contributed by atoms with Gasteiger partial charge in [-0.05, 0) is 18.2 Å². The molecule has 1 amide bonds. The maximum absolute atomic E-state index is 11.4. The van der Waals surface area contributed by atoms with Crippen molar-refractivity contribution in [1.82, 2.24) is 5.32 Å². The molecule has 0 fully saturated rings. The molecule has 0 aliphatic heterocycles. The van der Waals surface area contributed by atoms with Crippen molar-refractivity contribution < 1.29 is 14.3 Å². The topological polar surface area (TPSA) is 71.4 Å². The molecular weight excluding hydrogens is 196 g/mol. The van der Waals surface area contributed by atoms with E-state index in [-0.39, 0.29) is 5.91 Å². The molecule has 0 aromatic heterocycles. The lowest BCUT2D eigenvalue weighted by atomic mass is 10.2. The molecule has 0 spiro atoms. The van der Waals surface area contributed by atoms with Crippen molar-refractivity contribution in [2.45, 2.75) is 0 Å². The molecule has 0 unspecified atom stereocenters. The minimum Gasteiger partial charge on any atom is -0.493 e. The second-order valence-electron chi connectivity index (χ2n) is 2.69. The molecule has 0 bridgehead atoms. The molecule has 0 heterocycles. The lowest BCUT2D eigenvalue weighted by Gasteiger charge is -2.08. The molecule has 0 radical (unpaired) electrons. The molecule has 80 valence electrons. The molecule has 0 saturated carbocycles. The van der Waals surface area contributed by atoms with Gasteiger partial charge in [0, 0.05) is 5.56 Å². The number of benzene rings is 1. The maximum atomic E-state index is 11.4. The number of carbonyl (C=O) groups is 1. The zero-order chi connectivity index (χ0) is 11.3. The van der Waals surface area contributed by atoms with Crippen molar-refractivity contribution in [3.63, 3.8) is 0 Å². The Bertz CT molecular complexity index is 377. The SMILES string of the molecule is COc1ccc(C(=O)NC=N)cc1OC. The van der Waals surface area contributed by atoms with E-state index in [1.165, 1.54) is 14.2 Å². The van der Waals surface area contributed by atoms with E-state index in [1.54, 1.807) is 18.2 Å². The minimum absolute atomic E-state index is 0.356. The summed E-state index contributed by atoms with van der Waals surface area (Å²) < 4.78 is 10.1. The zero-order valence-corrected chi connectivity index (χ0v) is 8.53. The molecule has 5 nitrogen and oxygen atoms in total. The molecule has 1 aromatic carbocycles. The summed E-state index contributed by atoms with van der Waals surface area (Å²) in [6.07, 6.45) is 0.832. The second kappa shape index (κ2) is 4.99. The van der Waals surface area contributed by atoms with Crippen LogP contribution in [0.25, 0.3) is 0 Å². The highest BCUT2D eigenvalue weighted by Crippen LogP contribution is 2.27. The predicted octanol–water partition coefficient (Wildman–Crippen LogP) is 1.04. The predicted molar refractivity (Wildman–Crippen MR) is 55.8 cm³/mol. The Labute approximate surface area is 87.5 Å². The number of hydrogen-bond acceptors (Lipinski definition) is 4. The second-order valence-corrected chi connectivity index (χ2v) is 2.69. The van der Waals surface area contributed by atoms with Crippen LogP contribution in [-0.2, 0) is 0 Å². The van der Waals surface area contributed by atoms with Crippen LogP contribution in [0.5, 0.6) is 11.5 Å². The van der Waals surface area contributed by atoms with Crippen LogP contribution in [0.1, 0.15) is 10.4 Å². The quantitative estimate of drug-likeness (QED) is 0.573. The van der Waals surface area contributed by atoms with Gasteiger partial charge in [0.15, 0.2) is 11.5 Å². The van der Waals surface area contributed by atoms with Gasteiger partial charge in [0.1, 0.15) is 0 Å². The number of methoxy groups -OCH3 is 2. The van der Waals surface area contributed by atoms with Crippen molar-refractivity contribution in [3.8, 4) is 11.5 Å². The third-order valence-corrected chi connectivity index (χ3v) is 1.85. The summed E-state index contributed by atoms with van der Waals surface area (Å²) in [4.78, 5) is 11.4. The Morgan fingerprint density at radius 3 is 2.53 bits per heavy atom. The van der Waals surface area contributed by atoms with E-state index in [1.807, 2.05) is 0 Å². The van der Waals surface area contributed by atoms with Crippen molar-refractivity contribution >= 4 is 12.2 Å². The van der Waals surface area contributed by atoms with Crippen LogP contribution in [0.2, 0.25) is 0 Å². The van der Waals surface area contributed by atoms with E-state index < -0.39 is 0 Å². The highest BCUT2D eigenvalue weighted by atomic mass is 16.5. The van der Waals surface area contributed by atoms with Crippen LogP contribution in [0.15, 0.2) is 18.2 Å². The highest BCUT2D eigenvalue weighted by Gasteiger charge is 2.09. The molecule has 1 rings (SSSR count). The number of amides is 1. The number of rotatable bonds is 4. The van der Waals surface area contributed by atoms with Gasteiger partial charge in [-0.1, -0.05) is 0 Å². The number of carbonyl (C=O) groups excluding carboxylic acids is 1. The van der Waals surface area contributed by atoms with E-state index in [0.29, 0.717) is 17.1 Å². The van der Waals surface area contributed by atoms with Gasteiger partial charge in [0.05, 0.1) is 20.6 Å². The van der Waals surface area contributed by atoms with Gasteiger partial charge in [0.2, 0.25) is 0 Å². The van der Waals surface area contributed by atoms with Gasteiger partial charge >= 0.3 is 0 Å². The maximum Gasteiger partial charge on any atom is 0.256 e. The minimum atomic E-state index is -0.356. The van der Waals surface area contributed by atoms with Crippen molar-refractivity contribution in [3.05, 3.63) is 23.8 Å². The Balaban J connectivity index is 3.02. The molecule has 15 heavy (non-hydrogen) atoms. The van der Waals surface area contributed by atoms with Crippen LogP contribution in [0.3, 0.4) is 0 Å². The van der Waals surface area contributed by atoms with Crippen LogP contribution < -0.4 is 14.8 Å². The fourth-order valence-corrected chi connectivity index (χ4v) is 1.13. The molecule has 0 saturated heterocycles. The molecule has 0 aliphatic rings. The Hall–Kier alpha value is -2.04. The largest absolute Gasteiger partial charge is 0.493 e. The monoisotopic (exact) mass is 208 g/mol. The van der Waals surface area contributed by atoms with E-state index in [2.05, 4.69) is 5.32 Å². The fourth-order valence-electron chi connectivity index (χ4n) is 1.13. The normalized spacial score (nSPS) is 9.20. The molecule has 1 aromatic rings. The van der Waals surface area contributed by atoms with Crippen molar-refractivity contribution in [1.29, 1.82) is 5.41 Å². The Kier molecular flexibility index (Phi) is 3.68. The van der Waals surface area contributed by atoms with E-state index in [4.69, 9.17) is 14.9 Å². The van der Waals surface area contributed by atoms with Crippen molar-refractivity contribution in [2.75, 3.05) is 14.2 Å². The molecule has 0 aliphatic carbocycles. The van der Waals surface area contributed by atoms with Crippen LogP contribution in [0.4, 0.5) is 0 Å². The first-order valence-corrected chi connectivity index (χ1v) is 4.24. The summed E-state index contributed by atoms with van der Waals surface area (Å²) in [6, 6.07) is 4.79.